The van der Waals surface area contributed by atoms with E-state index in [0.29, 0.717) is 29.6 Å². The molecule has 1 atom stereocenters. The van der Waals surface area contributed by atoms with Crippen molar-refractivity contribution < 1.29 is 9.32 Å². The Morgan fingerprint density at radius 2 is 2.24 bits per heavy atom. The number of nitrogens with one attached hydrogen (secondary N) is 1. The minimum absolute atomic E-state index is 0.0299. The summed E-state index contributed by atoms with van der Waals surface area (Å²) in [6.07, 6.45) is 5.76. The number of hydrogen-bond donors (Lipinski definition) is 1. The topological polar surface area (TPSA) is 58.4 Å². The highest BCUT2D eigenvalue weighted by molar-refractivity contribution is 7.07. The molecule has 2 aromatic heterocycles. The zero-order valence-corrected chi connectivity index (χ0v) is 15.1. The van der Waals surface area contributed by atoms with Crippen molar-refractivity contribution in [3.63, 3.8) is 0 Å². The number of carbonyl (C=O) groups excluding carboxylic acids is 1. The summed E-state index contributed by atoms with van der Waals surface area (Å²) in [6.45, 7) is 2.80. The summed E-state index contributed by atoms with van der Waals surface area (Å²) in [5, 5.41) is 11.7. The van der Waals surface area contributed by atoms with Crippen LogP contribution in [0.25, 0.3) is 0 Å². The molecular formula is C19H23N3O2S. The maximum atomic E-state index is 13.2. The molecule has 25 heavy (non-hydrogen) atoms. The molecule has 3 fully saturated rings. The monoisotopic (exact) mass is 357 g/mol. The highest BCUT2D eigenvalue weighted by Gasteiger charge is 2.58. The van der Waals surface area contributed by atoms with Crippen LogP contribution in [0.1, 0.15) is 59.8 Å². The van der Waals surface area contributed by atoms with Crippen LogP contribution in [0, 0.1) is 5.41 Å². The number of hydrogen-bond acceptors (Lipinski definition) is 5. The number of piperidine rings is 1. The molecule has 1 N–H and O–H groups in total. The van der Waals surface area contributed by atoms with E-state index >= 15 is 0 Å². The molecule has 2 aromatic rings. The molecule has 3 aliphatic rings. The summed E-state index contributed by atoms with van der Waals surface area (Å²) in [7, 11) is 0. The largest absolute Gasteiger partial charge is 0.360 e. The van der Waals surface area contributed by atoms with Crippen molar-refractivity contribution in [2.24, 2.45) is 5.41 Å². The second kappa shape index (κ2) is 5.95. The molecule has 2 aliphatic carbocycles. The Balaban J connectivity index is 1.39. The van der Waals surface area contributed by atoms with Crippen LogP contribution in [0.3, 0.4) is 0 Å². The average molecular weight is 357 g/mol. The smallest absolute Gasteiger partial charge is 0.276 e. The zero-order valence-electron chi connectivity index (χ0n) is 14.2. The fraction of sp³-hybridized carbons (Fsp3) is 0.579. The maximum absolute atomic E-state index is 13.2. The molecule has 6 heteroatoms. The third kappa shape index (κ3) is 2.91. The molecule has 132 valence electrons. The Kier molecular flexibility index (Phi) is 3.71. The summed E-state index contributed by atoms with van der Waals surface area (Å²) in [4.78, 5) is 15.3. The number of thiophene rings is 1. The van der Waals surface area contributed by atoms with E-state index in [1.165, 1.54) is 5.56 Å². The van der Waals surface area contributed by atoms with E-state index in [1.54, 1.807) is 11.3 Å². The summed E-state index contributed by atoms with van der Waals surface area (Å²) >= 11 is 1.68. The first-order valence-corrected chi connectivity index (χ1v) is 10.2. The Labute approximate surface area is 151 Å². The Hall–Kier alpha value is -1.66. The van der Waals surface area contributed by atoms with Gasteiger partial charge in [0.2, 0.25) is 0 Å². The van der Waals surface area contributed by atoms with Crippen LogP contribution in [-0.2, 0) is 6.54 Å². The standard InChI is InChI=1S/C19H23N3O2S/c23-18(15-9-16(24-21-15)14-1-2-14)22(11-13-3-8-25-12-13)17-10-19(17)4-6-20-7-5-19/h3,8-9,12,14,17,20H,1-2,4-7,10-11H2. The Morgan fingerprint density at radius 1 is 1.40 bits per heavy atom. The predicted octanol–water partition coefficient (Wildman–Crippen LogP) is 3.40. The van der Waals surface area contributed by atoms with E-state index in [9.17, 15) is 4.79 Å². The van der Waals surface area contributed by atoms with Crippen LogP contribution in [0.5, 0.6) is 0 Å². The second-order valence-corrected chi connectivity index (χ2v) is 8.57. The average Bonchev–Trinajstić information content (AvgIpc) is 3.46. The van der Waals surface area contributed by atoms with E-state index in [0.717, 1.165) is 51.0 Å². The van der Waals surface area contributed by atoms with E-state index in [2.05, 4.69) is 32.2 Å². The molecule has 0 radical (unpaired) electrons. The normalized spacial score (nSPS) is 24.4. The van der Waals surface area contributed by atoms with Crippen LogP contribution < -0.4 is 5.32 Å². The van der Waals surface area contributed by atoms with Gasteiger partial charge < -0.3 is 14.7 Å². The van der Waals surface area contributed by atoms with Crippen molar-refractivity contribution in [3.05, 3.63) is 39.9 Å². The van der Waals surface area contributed by atoms with E-state index in [1.807, 2.05) is 6.07 Å². The van der Waals surface area contributed by atoms with Gasteiger partial charge in [0.15, 0.2) is 5.69 Å². The molecule has 1 aliphatic heterocycles. The fourth-order valence-electron chi connectivity index (χ4n) is 4.23. The van der Waals surface area contributed by atoms with Gasteiger partial charge in [0, 0.05) is 24.6 Å². The number of amides is 1. The first-order valence-electron chi connectivity index (χ1n) is 9.25. The molecular weight excluding hydrogens is 334 g/mol. The van der Waals surface area contributed by atoms with E-state index < -0.39 is 0 Å². The predicted molar refractivity (Wildman–Crippen MR) is 95.6 cm³/mol. The third-order valence-corrected chi connectivity index (χ3v) is 6.78. The number of carbonyl (C=O) groups is 1. The Morgan fingerprint density at radius 3 is 2.96 bits per heavy atom. The lowest BCUT2D eigenvalue weighted by molar-refractivity contribution is 0.0681. The zero-order chi connectivity index (χ0) is 16.9. The van der Waals surface area contributed by atoms with Crippen molar-refractivity contribution in [3.8, 4) is 0 Å². The third-order valence-electron chi connectivity index (χ3n) is 6.04. The fourth-order valence-corrected chi connectivity index (χ4v) is 4.89. The lowest BCUT2D eigenvalue weighted by atomic mass is 9.93. The number of rotatable bonds is 5. The molecule has 1 amide bonds. The van der Waals surface area contributed by atoms with Crippen LogP contribution in [0.15, 0.2) is 27.4 Å². The summed E-state index contributed by atoms with van der Waals surface area (Å²) in [5.74, 6) is 1.39. The van der Waals surface area contributed by atoms with Gasteiger partial charge in [-0.2, -0.15) is 11.3 Å². The quantitative estimate of drug-likeness (QED) is 0.891. The molecule has 1 spiro atoms. The van der Waals surface area contributed by atoms with E-state index in [-0.39, 0.29) is 5.91 Å². The molecule has 0 bridgehead atoms. The molecule has 3 heterocycles. The van der Waals surface area contributed by atoms with Crippen LogP contribution >= 0.6 is 11.3 Å². The van der Waals surface area contributed by atoms with Crippen molar-refractivity contribution in [1.82, 2.24) is 15.4 Å². The van der Waals surface area contributed by atoms with Crippen LogP contribution in [-0.4, -0.2) is 35.1 Å². The minimum atomic E-state index is 0.0299. The lowest BCUT2D eigenvalue weighted by Crippen LogP contribution is -2.39. The van der Waals surface area contributed by atoms with Gasteiger partial charge in [0.05, 0.1) is 0 Å². The number of aromatic nitrogens is 1. The molecule has 5 nitrogen and oxygen atoms in total. The summed E-state index contributed by atoms with van der Waals surface area (Å²) in [6, 6.07) is 4.32. The lowest BCUT2D eigenvalue weighted by Gasteiger charge is -2.29. The molecule has 1 unspecified atom stereocenters. The number of nitrogens with zero attached hydrogens (tertiary/aromatic N) is 2. The SMILES string of the molecule is O=C(c1cc(C2CC2)on1)N(Cc1ccsc1)C1CC12CCNCC2. The highest BCUT2D eigenvalue weighted by Crippen LogP contribution is 2.56. The molecule has 1 saturated heterocycles. The van der Waals surface area contributed by atoms with Gasteiger partial charge in [-0.1, -0.05) is 5.16 Å². The first-order chi connectivity index (χ1) is 12.3. The van der Waals surface area contributed by atoms with E-state index in [4.69, 9.17) is 4.52 Å². The van der Waals surface area contributed by atoms with Gasteiger partial charge in [0.1, 0.15) is 5.76 Å². The first kappa shape index (κ1) is 15.6. The maximum Gasteiger partial charge on any atom is 0.276 e. The molecule has 5 rings (SSSR count). The van der Waals surface area contributed by atoms with Crippen LogP contribution in [0.4, 0.5) is 0 Å². The second-order valence-electron chi connectivity index (χ2n) is 7.79. The molecule has 2 saturated carbocycles. The summed E-state index contributed by atoms with van der Waals surface area (Å²) < 4.78 is 5.43. The molecule has 0 aromatic carbocycles. The summed E-state index contributed by atoms with van der Waals surface area (Å²) in [5.41, 5.74) is 2.01. The Bertz CT molecular complexity index is 759. The van der Waals surface area contributed by atoms with Gasteiger partial charge >= 0.3 is 0 Å². The van der Waals surface area contributed by atoms with Gasteiger partial charge in [-0.05, 0) is 73.0 Å². The van der Waals surface area contributed by atoms with Crippen LogP contribution in [0.2, 0.25) is 0 Å². The highest BCUT2D eigenvalue weighted by atomic mass is 32.1. The minimum Gasteiger partial charge on any atom is -0.360 e. The van der Waals surface area contributed by atoms with Crippen molar-refractivity contribution in [2.75, 3.05) is 13.1 Å². The van der Waals surface area contributed by atoms with Crippen molar-refractivity contribution in [1.29, 1.82) is 0 Å². The van der Waals surface area contributed by atoms with Gasteiger partial charge in [0.25, 0.3) is 5.91 Å². The van der Waals surface area contributed by atoms with Crippen molar-refractivity contribution >= 4 is 17.2 Å². The van der Waals surface area contributed by atoms with Gasteiger partial charge in [-0.3, -0.25) is 4.79 Å². The van der Waals surface area contributed by atoms with Gasteiger partial charge in [-0.25, -0.2) is 0 Å². The van der Waals surface area contributed by atoms with Gasteiger partial charge in [-0.15, -0.1) is 0 Å². The van der Waals surface area contributed by atoms with Crippen molar-refractivity contribution in [2.45, 2.75) is 50.6 Å².